The molecular formula is C24H30FN3O6S. The first-order valence-electron chi connectivity index (χ1n) is 11.2. The molecule has 0 bridgehead atoms. The number of anilines is 1. The molecular weight excluding hydrogens is 477 g/mol. The van der Waals surface area contributed by atoms with E-state index in [1.54, 1.807) is 20.0 Å². The Morgan fingerprint density at radius 3 is 2.57 bits per heavy atom. The van der Waals surface area contributed by atoms with Crippen LogP contribution in [0.4, 0.5) is 10.2 Å². The van der Waals surface area contributed by atoms with Gasteiger partial charge in [-0.15, -0.1) is 0 Å². The Morgan fingerprint density at radius 2 is 1.97 bits per heavy atom. The van der Waals surface area contributed by atoms with Crippen LogP contribution in [-0.4, -0.2) is 51.4 Å². The fourth-order valence-corrected chi connectivity index (χ4v) is 4.21. The molecule has 190 valence electrons. The van der Waals surface area contributed by atoms with Crippen molar-refractivity contribution in [3.8, 4) is 11.3 Å². The molecule has 3 rings (SSSR count). The normalized spacial score (nSPS) is 12.6. The Bertz CT molecular complexity index is 1290. The third-order valence-corrected chi connectivity index (χ3v) is 6.78. The highest BCUT2D eigenvalue weighted by Crippen LogP contribution is 2.38. The maximum atomic E-state index is 13.5. The number of benzene rings is 1. The molecule has 2 N–H and O–H groups in total. The summed E-state index contributed by atoms with van der Waals surface area (Å²) in [6.07, 6.45) is 1.79. The predicted molar refractivity (Wildman–Crippen MR) is 131 cm³/mol. The second kappa shape index (κ2) is 11.1. The molecule has 1 atom stereocenters. The van der Waals surface area contributed by atoms with E-state index in [1.807, 2.05) is 0 Å². The molecule has 2 aromatic heterocycles. The van der Waals surface area contributed by atoms with Gasteiger partial charge < -0.3 is 14.3 Å². The van der Waals surface area contributed by atoms with Crippen LogP contribution in [-0.2, 0) is 26.0 Å². The number of sulfonamides is 1. The summed E-state index contributed by atoms with van der Waals surface area (Å²) in [7, 11) is -0.650. The Hall–Kier alpha value is -3.02. The number of aliphatic hydroxyl groups is 1. The lowest BCUT2D eigenvalue weighted by molar-refractivity contribution is -0.143. The van der Waals surface area contributed by atoms with Gasteiger partial charge in [0, 0.05) is 24.4 Å². The van der Waals surface area contributed by atoms with Crippen LogP contribution >= 0.6 is 0 Å². The summed E-state index contributed by atoms with van der Waals surface area (Å²) < 4.78 is 50.1. The predicted octanol–water partition coefficient (Wildman–Crippen LogP) is 3.52. The summed E-state index contributed by atoms with van der Waals surface area (Å²) in [6.45, 7) is 2.06. The number of aromatic nitrogens is 1. The molecule has 1 unspecified atom stereocenters. The molecule has 11 heteroatoms. The van der Waals surface area contributed by atoms with Crippen LogP contribution in [0, 0.1) is 5.82 Å². The van der Waals surface area contributed by atoms with E-state index in [9.17, 15) is 22.7 Å². The van der Waals surface area contributed by atoms with Gasteiger partial charge >= 0.3 is 5.97 Å². The minimum atomic E-state index is -3.63. The number of rotatable bonds is 11. The van der Waals surface area contributed by atoms with Gasteiger partial charge in [-0.1, -0.05) is 0 Å². The summed E-state index contributed by atoms with van der Waals surface area (Å²) in [6, 6.07) is 7.36. The highest BCUT2D eigenvalue weighted by atomic mass is 32.2. The van der Waals surface area contributed by atoms with Crippen molar-refractivity contribution in [3.05, 3.63) is 47.3 Å². The number of halogens is 1. The quantitative estimate of drug-likeness (QED) is 0.230. The number of nitrogens with one attached hydrogen (secondary N) is 1. The van der Waals surface area contributed by atoms with Crippen molar-refractivity contribution in [1.29, 1.82) is 0 Å². The van der Waals surface area contributed by atoms with Crippen LogP contribution in [0.15, 0.2) is 34.7 Å². The molecule has 0 fully saturated rings. The molecule has 0 amide bonds. The van der Waals surface area contributed by atoms with Gasteiger partial charge in [0.25, 0.3) is 0 Å². The van der Waals surface area contributed by atoms with E-state index in [-0.39, 0.29) is 23.9 Å². The molecule has 9 nitrogen and oxygen atoms in total. The third kappa shape index (κ3) is 6.16. The lowest BCUT2D eigenvalue weighted by Gasteiger charge is -2.19. The Kier molecular flexibility index (Phi) is 8.47. The number of hydrogen-bond donors (Lipinski definition) is 2. The maximum absolute atomic E-state index is 13.5. The van der Waals surface area contributed by atoms with Gasteiger partial charge in [0.1, 0.15) is 23.6 Å². The van der Waals surface area contributed by atoms with Crippen molar-refractivity contribution in [2.75, 3.05) is 31.3 Å². The van der Waals surface area contributed by atoms with Crippen molar-refractivity contribution < 1.29 is 31.9 Å². The zero-order chi connectivity index (χ0) is 25.8. The second-order valence-electron chi connectivity index (χ2n) is 8.11. The van der Waals surface area contributed by atoms with E-state index in [4.69, 9.17) is 9.15 Å². The molecule has 0 aliphatic rings. The number of aliphatic hydroxyl groups excluding tert-OH is 1. The fraction of sp³-hybridized carbons (Fsp3) is 0.417. The van der Waals surface area contributed by atoms with Crippen LogP contribution in [0.25, 0.3) is 22.4 Å². The summed E-state index contributed by atoms with van der Waals surface area (Å²) in [5.41, 5.74) is 1.69. The summed E-state index contributed by atoms with van der Waals surface area (Å²) in [5.74, 6) is -0.212. The van der Waals surface area contributed by atoms with Gasteiger partial charge in [-0.05, 0) is 69.1 Å². The molecule has 35 heavy (non-hydrogen) atoms. The highest BCUT2D eigenvalue weighted by Gasteiger charge is 2.26. The molecule has 2 heterocycles. The smallest absolute Gasteiger partial charge is 0.305 e. The van der Waals surface area contributed by atoms with Gasteiger partial charge in [-0.3, -0.25) is 14.4 Å². The molecule has 0 radical (unpaired) electrons. The minimum absolute atomic E-state index is 0.134. The van der Waals surface area contributed by atoms with Crippen LogP contribution in [0.5, 0.6) is 0 Å². The molecule has 3 aromatic rings. The first-order chi connectivity index (χ1) is 16.6. The van der Waals surface area contributed by atoms with Gasteiger partial charge in [-0.2, -0.15) is 4.98 Å². The Balaban J connectivity index is 2.10. The average molecular weight is 508 g/mol. The van der Waals surface area contributed by atoms with Crippen molar-refractivity contribution in [1.82, 2.24) is 10.3 Å². The van der Waals surface area contributed by atoms with E-state index < -0.39 is 22.1 Å². The molecule has 1 aromatic carbocycles. The first kappa shape index (κ1) is 26.6. The summed E-state index contributed by atoms with van der Waals surface area (Å²) in [4.78, 5) is 16.2. The highest BCUT2D eigenvalue weighted by molar-refractivity contribution is 7.92. The largest absolute Gasteiger partial charge is 0.466 e. The molecule has 0 saturated carbocycles. The number of ether oxygens (including phenoxy) is 1. The van der Waals surface area contributed by atoms with Crippen LogP contribution in [0.1, 0.15) is 43.5 Å². The Labute approximate surface area is 204 Å². The lowest BCUT2D eigenvalue weighted by atomic mass is 10.0. The van der Waals surface area contributed by atoms with Gasteiger partial charge in [0.2, 0.25) is 15.7 Å². The van der Waals surface area contributed by atoms with Gasteiger partial charge in [0.05, 0.1) is 18.4 Å². The van der Waals surface area contributed by atoms with Crippen LogP contribution < -0.4 is 9.62 Å². The van der Waals surface area contributed by atoms with Crippen molar-refractivity contribution in [2.24, 2.45) is 0 Å². The topological polar surface area (TPSA) is 122 Å². The number of pyridine rings is 1. The number of aryl methyl sites for hydroxylation is 1. The summed E-state index contributed by atoms with van der Waals surface area (Å²) >= 11 is 0. The number of esters is 1. The number of unbranched alkanes of at least 4 members (excludes halogenated alkanes) is 1. The maximum Gasteiger partial charge on any atom is 0.305 e. The summed E-state index contributed by atoms with van der Waals surface area (Å²) in [5, 5.41) is 14.0. The number of fused-ring (bicyclic) bond motifs is 1. The third-order valence-electron chi connectivity index (χ3n) is 5.61. The van der Waals surface area contributed by atoms with E-state index in [0.29, 0.717) is 53.7 Å². The monoisotopic (exact) mass is 507 g/mol. The zero-order valence-electron chi connectivity index (χ0n) is 20.2. The second-order valence-corrected chi connectivity index (χ2v) is 10.1. The number of hydrogen-bond acceptors (Lipinski definition) is 8. The lowest BCUT2D eigenvalue weighted by Crippen LogP contribution is -2.27. The van der Waals surface area contributed by atoms with E-state index in [2.05, 4.69) is 10.3 Å². The van der Waals surface area contributed by atoms with E-state index in [0.717, 1.165) is 10.6 Å². The Morgan fingerprint density at radius 1 is 1.29 bits per heavy atom. The minimum Gasteiger partial charge on any atom is -0.466 e. The zero-order valence-corrected chi connectivity index (χ0v) is 21.0. The van der Waals surface area contributed by atoms with Crippen LogP contribution in [0.3, 0.4) is 0 Å². The standard InChI is InChI=1S/C24H30FN3O6S/c1-5-33-19(29)9-7-6-8-16-14-18-20(23(30)26-2)21(15-10-12-17(25)13-11-15)34-24(18)27-22(16)28(3)35(4,31)32/h10-14,23,26,30H,5-9H2,1-4H3. The number of furan rings is 1. The van der Waals surface area contributed by atoms with Crippen molar-refractivity contribution in [2.45, 2.75) is 38.8 Å². The molecule has 0 aliphatic heterocycles. The fourth-order valence-electron chi connectivity index (χ4n) is 3.74. The van der Waals surface area contributed by atoms with Crippen molar-refractivity contribution >= 4 is 32.9 Å². The number of carbonyl (C=O) groups is 1. The SMILES string of the molecule is CCOC(=O)CCCCc1cc2c(C(O)NC)c(-c3ccc(F)cc3)oc2nc1N(C)S(C)(=O)=O. The van der Waals surface area contributed by atoms with Crippen molar-refractivity contribution in [3.63, 3.8) is 0 Å². The molecule has 0 spiro atoms. The van der Waals surface area contributed by atoms with Crippen LogP contribution in [0.2, 0.25) is 0 Å². The van der Waals surface area contributed by atoms with Gasteiger partial charge in [-0.25, -0.2) is 12.8 Å². The van der Waals surface area contributed by atoms with E-state index in [1.165, 1.54) is 31.3 Å². The number of carbonyl (C=O) groups excluding carboxylic acids is 1. The number of nitrogens with zero attached hydrogens (tertiary/aromatic N) is 2. The van der Waals surface area contributed by atoms with E-state index >= 15 is 0 Å². The van der Waals surface area contributed by atoms with Gasteiger partial charge in [0.15, 0.2) is 0 Å². The average Bonchev–Trinajstić information content (AvgIpc) is 3.18. The first-order valence-corrected chi connectivity index (χ1v) is 13.1. The molecule has 0 aliphatic carbocycles. The molecule has 0 saturated heterocycles.